The summed E-state index contributed by atoms with van der Waals surface area (Å²) in [5.74, 6) is 4.70. The number of carbonyl (C=O) groups excluding carboxylic acids is 1. The molecule has 0 radical (unpaired) electrons. The van der Waals surface area contributed by atoms with Crippen molar-refractivity contribution >= 4 is 33.5 Å². The molecule has 0 spiro atoms. The number of halogens is 2. The summed E-state index contributed by atoms with van der Waals surface area (Å²) >= 11 is 11.5. The van der Waals surface area contributed by atoms with Crippen molar-refractivity contribution in [3.63, 3.8) is 0 Å². The molecule has 0 aromatic rings. The number of ether oxygens (including phenoxy) is 1. The van der Waals surface area contributed by atoms with Crippen LogP contribution in [0.15, 0.2) is 0 Å². The Bertz CT molecular complexity index is 726. The largest absolute Gasteiger partial charge is 0.463 e. The van der Waals surface area contributed by atoms with Crippen LogP contribution in [0.3, 0.4) is 0 Å². The Morgan fingerprint density at radius 2 is 1.79 bits per heavy atom. The second-order valence-electron chi connectivity index (χ2n) is 13.4. The van der Waals surface area contributed by atoms with Gasteiger partial charge in [0.2, 0.25) is 0 Å². The molecule has 0 saturated heterocycles. The molecule has 4 heteroatoms. The fraction of sp³-hybridized carbons (Fsp3) is 0.966. The highest BCUT2D eigenvalue weighted by atomic mass is 79.9. The van der Waals surface area contributed by atoms with Gasteiger partial charge in [-0.3, -0.25) is 4.79 Å². The molecule has 0 unspecified atom stereocenters. The zero-order valence-corrected chi connectivity index (χ0v) is 24.3. The molecule has 0 heterocycles. The Hall–Kier alpha value is 0.240. The first kappa shape index (κ1) is 26.3. The van der Waals surface area contributed by atoms with Crippen LogP contribution in [-0.4, -0.2) is 21.8 Å². The first-order valence-electron chi connectivity index (χ1n) is 13.9. The molecule has 0 aromatic carbocycles. The third kappa shape index (κ3) is 4.47. The Morgan fingerprint density at radius 3 is 2.45 bits per heavy atom. The van der Waals surface area contributed by atoms with Gasteiger partial charge in [0.25, 0.3) is 0 Å². The lowest BCUT2D eigenvalue weighted by Crippen LogP contribution is -2.64. The van der Waals surface area contributed by atoms with E-state index in [0.717, 1.165) is 61.2 Å². The minimum absolute atomic E-state index is 0.00385. The van der Waals surface area contributed by atoms with Crippen LogP contribution >= 0.6 is 27.5 Å². The minimum atomic E-state index is -0.160. The summed E-state index contributed by atoms with van der Waals surface area (Å²) in [7, 11) is 0. The smallest absolute Gasteiger partial charge is 0.302 e. The Morgan fingerprint density at radius 1 is 1.06 bits per heavy atom. The highest BCUT2D eigenvalue weighted by molar-refractivity contribution is 9.10. The van der Waals surface area contributed by atoms with Crippen LogP contribution in [0.2, 0.25) is 0 Å². The number of esters is 1. The van der Waals surface area contributed by atoms with Gasteiger partial charge in [-0.25, -0.2) is 0 Å². The van der Waals surface area contributed by atoms with Gasteiger partial charge in [-0.15, -0.1) is 11.6 Å². The van der Waals surface area contributed by atoms with Crippen molar-refractivity contribution in [3.05, 3.63) is 0 Å². The number of rotatable bonds is 6. The first-order chi connectivity index (χ1) is 15.4. The van der Waals surface area contributed by atoms with E-state index in [0.29, 0.717) is 5.41 Å². The first-order valence-corrected chi connectivity index (χ1v) is 15.2. The summed E-state index contributed by atoms with van der Waals surface area (Å²) in [4.78, 5) is 11.6. The Kier molecular flexibility index (Phi) is 7.66. The maximum absolute atomic E-state index is 11.6. The molecule has 0 aromatic heterocycles. The maximum Gasteiger partial charge on any atom is 0.302 e. The van der Waals surface area contributed by atoms with Crippen LogP contribution in [0.5, 0.6) is 0 Å². The highest BCUT2D eigenvalue weighted by Gasteiger charge is 2.67. The van der Waals surface area contributed by atoms with Gasteiger partial charge in [0, 0.05) is 18.7 Å². The molecule has 0 aliphatic heterocycles. The second-order valence-corrected chi connectivity index (χ2v) is 15.3. The number of fused-ring (bicyclic) bond motifs is 5. The van der Waals surface area contributed by atoms with Gasteiger partial charge in [-0.05, 0) is 91.3 Å². The van der Waals surface area contributed by atoms with E-state index in [1.54, 1.807) is 0 Å². The van der Waals surface area contributed by atoms with E-state index in [1.165, 1.54) is 51.9 Å². The molecule has 4 rings (SSSR count). The molecule has 2 nitrogen and oxygen atoms in total. The molecule has 4 saturated carbocycles. The molecule has 33 heavy (non-hydrogen) atoms. The normalized spacial score (nSPS) is 48.0. The number of hydrogen-bond donors (Lipinski definition) is 0. The molecule has 0 bridgehead atoms. The van der Waals surface area contributed by atoms with Crippen LogP contribution in [0.25, 0.3) is 0 Å². The van der Waals surface area contributed by atoms with Crippen molar-refractivity contribution in [2.24, 2.45) is 46.3 Å². The third-order valence-corrected chi connectivity index (χ3v) is 13.8. The quantitative estimate of drug-likeness (QED) is 0.247. The van der Waals surface area contributed by atoms with Gasteiger partial charge in [0.15, 0.2) is 0 Å². The third-order valence-electron chi connectivity index (χ3n) is 11.2. The lowest BCUT2D eigenvalue weighted by atomic mass is 9.44. The Balaban J connectivity index is 1.51. The summed E-state index contributed by atoms with van der Waals surface area (Å²) in [5, 5.41) is 0.104. The number of carbonyl (C=O) groups is 1. The predicted molar refractivity (Wildman–Crippen MR) is 142 cm³/mol. The molecule has 0 N–H and O–H groups in total. The summed E-state index contributed by atoms with van der Waals surface area (Å²) in [6.07, 6.45) is 13.8. The monoisotopic (exact) mass is 542 g/mol. The number of hydrogen-bond acceptors (Lipinski definition) is 2. The van der Waals surface area contributed by atoms with E-state index in [1.807, 2.05) is 0 Å². The molecular weight excluding hydrogens is 496 g/mol. The molecule has 4 fully saturated rings. The van der Waals surface area contributed by atoms with Crippen molar-refractivity contribution in [2.45, 2.75) is 128 Å². The summed E-state index contributed by atoms with van der Waals surface area (Å²) < 4.78 is 5.55. The van der Waals surface area contributed by atoms with E-state index in [4.69, 9.17) is 16.3 Å². The highest BCUT2D eigenvalue weighted by Crippen LogP contribution is 2.71. The van der Waals surface area contributed by atoms with Crippen molar-refractivity contribution in [1.29, 1.82) is 0 Å². The minimum Gasteiger partial charge on any atom is -0.463 e. The van der Waals surface area contributed by atoms with E-state index in [9.17, 15) is 4.79 Å². The molecular formula is C29H48BrClO2. The van der Waals surface area contributed by atoms with Gasteiger partial charge in [-0.2, -0.15) is 0 Å². The van der Waals surface area contributed by atoms with E-state index >= 15 is 0 Å². The standard InChI is InChI=1S/C29H48BrClO2/c1-18(2)8-7-9-19(3)23-10-11-24-22-16-26(31)29(30)17-21(33-20(4)32)12-15-28(29,6)25(22)13-14-27(23,24)5/h18-19,21-26H,7-17H2,1-6H3/t19-,21+,22+,23-,24+,25+,26-,27-,28-,29+/m1/s1. The fourth-order valence-electron chi connectivity index (χ4n) is 9.51. The van der Waals surface area contributed by atoms with Crippen LogP contribution in [-0.2, 0) is 9.53 Å². The van der Waals surface area contributed by atoms with Crippen LogP contribution in [0.4, 0.5) is 0 Å². The maximum atomic E-state index is 11.6. The summed E-state index contributed by atoms with van der Waals surface area (Å²) in [6, 6.07) is 0. The lowest BCUT2D eigenvalue weighted by Gasteiger charge is -2.65. The zero-order chi connectivity index (χ0) is 24.2. The molecule has 190 valence electrons. The molecule has 4 aliphatic rings. The van der Waals surface area contributed by atoms with Crippen molar-refractivity contribution in [3.8, 4) is 0 Å². The molecule has 10 atom stereocenters. The lowest BCUT2D eigenvalue weighted by molar-refractivity contribution is -0.155. The average molecular weight is 544 g/mol. The summed E-state index contributed by atoms with van der Waals surface area (Å²) in [6.45, 7) is 14.0. The van der Waals surface area contributed by atoms with Gasteiger partial charge in [0.1, 0.15) is 6.10 Å². The second kappa shape index (κ2) is 9.60. The van der Waals surface area contributed by atoms with Crippen molar-refractivity contribution in [2.75, 3.05) is 0 Å². The van der Waals surface area contributed by atoms with Gasteiger partial charge in [0.05, 0.1) is 4.32 Å². The Labute approximate surface area is 216 Å². The molecule has 4 aliphatic carbocycles. The predicted octanol–water partition coefficient (Wildman–Crippen LogP) is 8.77. The summed E-state index contributed by atoms with van der Waals surface area (Å²) in [5.41, 5.74) is 0.675. The van der Waals surface area contributed by atoms with Gasteiger partial charge in [-0.1, -0.05) is 69.8 Å². The van der Waals surface area contributed by atoms with Gasteiger partial charge < -0.3 is 4.74 Å². The number of alkyl halides is 2. The SMILES string of the molecule is CC(=O)O[C@H]1CC[C@]2(C)[C@H]3CC[C@]4(C)[C@@H]([C@H](C)CCCC(C)C)CC[C@H]4[C@@H]3C[C@@H](Cl)[C@@]2(Br)C1. The topological polar surface area (TPSA) is 26.3 Å². The fourth-order valence-corrected chi connectivity index (χ4v) is 11.1. The van der Waals surface area contributed by atoms with Crippen molar-refractivity contribution in [1.82, 2.24) is 0 Å². The van der Waals surface area contributed by atoms with E-state index in [2.05, 4.69) is 50.5 Å². The van der Waals surface area contributed by atoms with E-state index in [-0.39, 0.29) is 27.2 Å². The van der Waals surface area contributed by atoms with Crippen LogP contribution in [0, 0.1) is 46.3 Å². The van der Waals surface area contributed by atoms with Gasteiger partial charge >= 0.3 is 5.97 Å². The zero-order valence-electron chi connectivity index (χ0n) is 22.0. The average Bonchev–Trinajstić information content (AvgIpc) is 3.07. The van der Waals surface area contributed by atoms with Crippen LogP contribution in [0.1, 0.15) is 112 Å². The molecule has 0 amide bonds. The van der Waals surface area contributed by atoms with Crippen LogP contribution < -0.4 is 0 Å². The van der Waals surface area contributed by atoms with Crippen molar-refractivity contribution < 1.29 is 9.53 Å². The van der Waals surface area contributed by atoms with E-state index < -0.39 is 0 Å².